The van der Waals surface area contributed by atoms with Crippen LogP contribution in [0.3, 0.4) is 0 Å². The van der Waals surface area contributed by atoms with Crippen molar-refractivity contribution in [3.05, 3.63) is 65.7 Å². The maximum absolute atomic E-state index is 12.8. The van der Waals surface area contributed by atoms with E-state index < -0.39 is 10.0 Å². The minimum absolute atomic E-state index is 0.0243. The van der Waals surface area contributed by atoms with Crippen molar-refractivity contribution in [3.63, 3.8) is 0 Å². The van der Waals surface area contributed by atoms with Gasteiger partial charge in [-0.15, -0.1) is 0 Å². The van der Waals surface area contributed by atoms with Gasteiger partial charge in [0.25, 0.3) is 0 Å². The van der Waals surface area contributed by atoms with E-state index in [1.54, 1.807) is 31.2 Å². The molecule has 1 N–H and O–H groups in total. The molecule has 0 unspecified atom stereocenters. The van der Waals surface area contributed by atoms with Gasteiger partial charge in [-0.2, -0.15) is 0 Å². The lowest BCUT2D eigenvalue weighted by Crippen LogP contribution is -2.37. The van der Waals surface area contributed by atoms with E-state index in [-0.39, 0.29) is 17.5 Å². The number of hydrogen-bond acceptors (Lipinski definition) is 4. The van der Waals surface area contributed by atoms with Gasteiger partial charge in [-0.3, -0.25) is 9.52 Å². The van der Waals surface area contributed by atoms with Crippen LogP contribution in [0.4, 0.5) is 5.69 Å². The molecule has 1 aliphatic heterocycles. The van der Waals surface area contributed by atoms with Crippen LogP contribution in [-0.2, 0) is 16.4 Å². The zero-order chi connectivity index (χ0) is 20.0. The van der Waals surface area contributed by atoms with Crippen molar-refractivity contribution in [2.45, 2.75) is 26.2 Å². The van der Waals surface area contributed by atoms with Crippen molar-refractivity contribution >= 4 is 21.5 Å². The number of sulfonamides is 1. The zero-order valence-corrected chi connectivity index (χ0v) is 17.1. The van der Waals surface area contributed by atoms with Gasteiger partial charge in [0.1, 0.15) is 0 Å². The van der Waals surface area contributed by atoms with Gasteiger partial charge in [0, 0.05) is 23.7 Å². The van der Waals surface area contributed by atoms with Crippen LogP contribution in [0.5, 0.6) is 0 Å². The van der Waals surface area contributed by atoms with E-state index >= 15 is 0 Å². The molecule has 2 aromatic carbocycles. The molecule has 0 atom stereocenters. The summed E-state index contributed by atoms with van der Waals surface area (Å²) in [6, 6.07) is 17.2. The topological polar surface area (TPSA) is 66.5 Å². The molecule has 1 heterocycles. The van der Waals surface area contributed by atoms with Crippen molar-refractivity contribution in [1.82, 2.24) is 4.90 Å². The molecular formula is C22H28N2O3S. The number of nitrogens with zero attached hydrogens (tertiary/aromatic N) is 1. The number of nitrogens with one attached hydrogen (secondary N) is 1. The van der Waals surface area contributed by atoms with E-state index in [4.69, 9.17) is 0 Å². The van der Waals surface area contributed by atoms with Crippen molar-refractivity contribution in [2.24, 2.45) is 5.92 Å². The van der Waals surface area contributed by atoms with Crippen LogP contribution >= 0.6 is 0 Å². The first-order chi connectivity index (χ1) is 13.5. The van der Waals surface area contributed by atoms with Gasteiger partial charge in [0.2, 0.25) is 10.0 Å². The SMILES string of the molecule is CCS(=O)(=O)Nc1ccc(C(=O)C2CCN(CCc3ccccc3)CC2)cc1. The minimum Gasteiger partial charge on any atom is -0.303 e. The van der Waals surface area contributed by atoms with Gasteiger partial charge < -0.3 is 4.90 Å². The molecule has 1 saturated heterocycles. The molecule has 5 nitrogen and oxygen atoms in total. The average Bonchev–Trinajstić information content (AvgIpc) is 2.73. The highest BCUT2D eigenvalue weighted by Gasteiger charge is 2.25. The largest absolute Gasteiger partial charge is 0.303 e. The first-order valence-electron chi connectivity index (χ1n) is 9.88. The monoisotopic (exact) mass is 400 g/mol. The molecule has 0 aliphatic carbocycles. The van der Waals surface area contributed by atoms with Gasteiger partial charge in [-0.25, -0.2) is 8.42 Å². The summed E-state index contributed by atoms with van der Waals surface area (Å²) in [6.45, 7) is 4.50. The predicted octanol–water partition coefficient (Wildman–Crippen LogP) is 3.59. The standard InChI is InChI=1S/C22H28N2O3S/c1-2-28(26,27)23-21-10-8-19(9-11-21)22(25)20-13-16-24(17-14-20)15-12-18-6-4-3-5-7-18/h3-11,20,23H,2,12-17H2,1H3. The van der Waals surface area contributed by atoms with Gasteiger partial charge in [-0.05, 0) is 69.1 Å². The molecule has 150 valence electrons. The third-order valence-corrected chi connectivity index (χ3v) is 6.65. The van der Waals surface area contributed by atoms with Crippen LogP contribution in [0.2, 0.25) is 0 Å². The van der Waals surface area contributed by atoms with Gasteiger partial charge in [0.15, 0.2) is 5.78 Å². The van der Waals surface area contributed by atoms with E-state index in [1.165, 1.54) is 5.56 Å². The Hall–Kier alpha value is -2.18. The fourth-order valence-electron chi connectivity index (χ4n) is 3.54. The molecule has 6 heteroatoms. The van der Waals surface area contributed by atoms with Gasteiger partial charge >= 0.3 is 0 Å². The first-order valence-corrected chi connectivity index (χ1v) is 11.5. The summed E-state index contributed by atoms with van der Waals surface area (Å²) in [5, 5.41) is 0. The maximum atomic E-state index is 12.8. The number of carbonyl (C=O) groups is 1. The molecule has 1 aliphatic rings. The normalized spacial score (nSPS) is 16.0. The van der Waals surface area contributed by atoms with E-state index in [2.05, 4.69) is 33.9 Å². The number of rotatable bonds is 8. The lowest BCUT2D eigenvalue weighted by Gasteiger charge is -2.31. The second-order valence-corrected chi connectivity index (χ2v) is 9.31. The van der Waals surface area contributed by atoms with Crippen LogP contribution in [0.15, 0.2) is 54.6 Å². The Bertz CT molecular complexity index is 872. The lowest BCUT2D eigenvalue weighted by molar-refractivity contribution is 0.0841. The molecule has 0 bridgehead atoms. The summed E-state index contributed by atoms with van der Waals surface area (Å²) in [5.41, 5.74) is 2.50. The Morgan fingerprint density at radius 1 is 1.04 bits per heavy atom. The number of piperidine rings is 1. The molecule has 0 saturated carbocycles. The van der Waals surface area contributed by atoms with Crippen LogP contribution in [0.1, 0.15) is 35.7 Å². The quantitative estimate of drug-likeness (QED) is 0.688. The molecular weight excluding hydrogens is 372 g/mol. The Morgan fingerprint density at radius 2 is 1.68 bits per heavy atom. The second kappa shape index (κ2) is 9.34. The summed E-state index contributed by atoms with van der Waals surface area (Å²) in [4.78, 5) is 15.2. The van der Waals surface area contributed by atoms with Crippen LogP contribution in [0, 0.1) is 5.92 Å². The maximum Gasteiger partial charge on any atom is 0.232 e. The van der Waals surface area contributed by atoms with Crippen molar-refractivity contribution in [2.75, 3.05) is 30.1 Å². The fraction of sp³-hybridized carbons (Fsp3) is 0.409. The van der Waals surface area contributed by atoms with E-state index in [0.29, 0.717) is 11.3 Å². The fourth-order valence-corrected chi connectivity index (χ4v) is 4.18. The Balaban J connectivity index is 1.49. The number of hydrogen-bond donors (Lipinski definition) is 1. The molecule has 2 aromatic rings. The number of carbonyl (C=O) groups excluding carboxylic acids is 1. The third-order valence-electron chi connectivity index (χ3n) is 5.34. The number of benzene rings is 2. The summed E-state index contributed by atoms with van der Waals surface area (Å²) in [5.74, 6) is 0.232. The van der Waals surface area contributed by atoms with Gasteiger partial charge in [0.05, 0.1) is 5.75 Å². The first kappa shape index (κ1) is 20.6. The van der Waals surface area contributed by atoms with Gasteiger partial charge in [-0.1, -0.05) is 30.3 Å². The highest BCUT2D eigenvalue weighted by atomic mass is 32.2. The smallest absolute Gasteiger partial charge is 0.232 e. The van der Waals surface area contributed by atoms with E-state index in [1.807, 2.05) is 6.07 Å². The molecule has 3 rings (SSSR count). The molecule has 0 radical (unpaired) electrons. The molecule has 0 amide bonds. The summed E-state index contributed by atoms with van der Waals surface area (Å²) in [6.07, 6.45) is 2.78. The highest BCUT2D eigenvalue weighted by Crippen LogP contribution is 2.23. The van der Waals surface area contributed by atoms with E-state index in [9.17, 15) is 13.2 Å². The summed E-state index contributed by atoms with van der Waals surface area (Å²) >= 11 is 0. The van der Waals surface area contributed by atoms with Crippen molar-refractivity contribution < 1.29 is 13.2 Å². The van der Waals surface area contributed by atoms with Crippen LogP contribution in [-0.4, -0.2) is 44.5 Å². The van der Waals surface area contributed by atoms with Crippen molar-refractivity contribution in [1.29, 1.82) is 0 Å². The third kappa shape index (κ3) is 5.66. The summed E-state index contributed by atoms with van der Waals surface area (Å²) < 4.78 is 25.8. The second-order valence-electron chi connectivity index (χ2n) is 7.30. The Kier molecular flexibility index (Phi) is 6.86. The predicted molar refractivity (Wildman–Crippen MR) is 113 cm³/mol. The molecule has 28 heavy (non-hydrogen) atoms. The summed E-state index contributed by atoms with van der Waals surface area (Å²) in [7, 11) is -3.30. The molecule has 1 fully saturated rings. The highest BCUT2D eigenvalue weighted by molar-refractivity contribution is 7.92. The van der Waals surface area contributed by atoms with Crippen molar-refractivity contribution in [3.8, 4) is 0 Å². The number of anilines is 1. The van der Waals surface area contributed by atoms with Crippen LogP contribution < -0.4 is 4.72 Å². The minimum atomic E-state index is -3.30. The molecule has 0 aromatic heterocycles. The average molecular weight is 401 g/mol. The van der Waals surface area contributed by atoms with Crippen LogP contribution in [0.25, 0.3) is 0 Å². The number of ketones is 1. The van der Waals surface area contributed by atoms with E-state index in [0.717, 1.165) is 38.9 Å². The Labute approximate surface area is 167 Å². The molecule has 0 spiro atoms. The number of Topliss-reactive ketones (excluding diaryl/α,β-unsaturated/α-hetero) is 1. The number of likely N-dealkylation sites (tertiary alicyclic amines) is 1. The Morgan fingerprint density at radius 3 is 2.29 bits per heavy atom. The lowest BCUT2D eigenvalue weighted by atomic mass is 9.88. The zero-order valence-electron chi connectivity index (χ0n) is 16.3.